The van der Waals surface area contributed by atoms with Crippen molar-refractivity contribution in [1.29, 1.82) is 0 Å². The molecule has 3 aliphatic rings. The summed E-state index contributed by atoms with van der Waals surface area (Å²) in [4.78, 5) is 12.6. The molecular weight excluding hydrogens is 488 g/mol. The largest absolute Gasteiger partial charge is 0.456 e. The van der Waals surface area contributed by atoms with E-state index in [9.17, 15) is 25.2 Å². The van der Waals surface area contributed by atoms with E-state index in [0.29, 0.717) is 25.9 Å². The standard InChI is InChI=1S/C30H44O8/c1-19-12-13-36-23(15-19)10-11-25(31)28-18-27(33)30(35)26(32)17-21(3)14-20(2)16-24-8-4-6-22(37-24)7-5-9-29(34)38-28/h4-6,9-12,20,22-28,30-33,35H,3,7-8,13-18H2,1-2H3. The van der Waals surface area contributed by atoms with Gasteiger partial charge in [-0.1, -0.05) is 61.1 Å². The first-order chi connectivity index (χ1) is 18.1. The van der Waals surface area contributed by atoms with Crippen molar-refractivity contribution in [3.05, 3.63) is 60.3 Å². The number of aliphatic hydroxyl groups excluding tert-OH is 4. The average Bonchev–Trinajstić information content (AvgIpc) is 2.85. The number of hydrogen-bond acceptors (Lipinski definition) is 8. The average molecular weight is 533 g/mol. The highest BCUT2D eigenvalue weighted by Crippen LogP contribution is 2.27. The second-order valence-corrected chi connectivity index (χ2v) is 10.9. The van der Waals surface area contributed by atoms with Gasteiger partial charge in [0.1, 0.15) is 18.3 Å². The van der Waals surface area contributed by atoms with E-state index < -0.39 is 36.5 Å². The predicted molar refractivity (Wildman–Crippen MR) is 144 cm³/mol. The van der Waals surface area contributed by atoms with Crippen LogP contribution in [0, 0.1) is 5.92 Å². The minimum absolute atomic E-state index is 0.0445. The van der Waals surface area contributed by atoms with Crippen molar-refractivity contribution >= 4 is 5.97 Å². The summed E-state index contributed by atoms with van der Waals surface area (Å²) < 4.78 is 17.3. The Hall–Kier alpha value is -2.07. The topological polar surface area (TPSA) is 126 Å². The van der Waals surface area contributed by atoms with Gasteiger partial charge in [-0.05, 0) is 51.4 Å². The number of esters is 1. The lowest BCUT2D eigenvalue weighted by atomic mass is 9.89. The van der Waals surface area contributed by atoms with Crippen LogP contribution in [0.1, 0.15) is 58.8 Å². The molecule has 9 atom stereocenters. The molecule has 0 saturated heterocycles. The summed E-state index contributed by atoms with van der Waals surface area (Å²) >= 11 is 0. The molecule has 0 radical (unpaired) electrons. The number of aliphatic hydroxyl groups is 4. The lowest BCUT2D eigenvalue weighted by Crippen LogP contribution is -2.42. The van der Waals surface area contributed by atoms with Crippen LogP contribution >= 0.6 is 0 Å². The first-order valence-electron chi connectivity index (χ1n) is 13.6. The van der Waals surface area contributed by atoms with Crippen LogP contribution in [0.4, 0.5) is 0 Å². The maximum absolute atomic E-state index is 12.6. The maximum Gasteiger partial charge on any atom is 0.330 e. The molecule has 3 aliphatic heterocycles. The lowest BCUT2D eigenvalue weighted by Gasteiger charge is -2.30. The quantitative estimate of drug-likeness (QED) is 0.323. The second kappa shape index (κ2) is 14.9. The Kier molecular flexibility index (Phi) is 12.0. The molecule has 0 aromatic rings. The van der Waals surface area contributed by atoms with Crippen molar-refractivity contribution in [2.45, 2.75) is 108 Å². The fraction of sp³-hybridized carbons (Fsp3) is 0.633. The molecule has 0 aliphatic carbocycles. The lowest BCUT2D eigenvalue weighted by molar-refractivity contribution is -0.152. The van der Waals surface area contributed by atoms with Gasteiger partial charge in [0.05, 0.1) is 37.1 Å². The van der Waals surface area contributed by atoms with E-state index in [2.05, 4.69) is 19.6 Å². The summed E-state index contributed by atoms with van der Waals surface area (Å²) in [6.07, 6.45) is 8.63. The molecule has 0 fully saturated rings. The third kappa shape index (κ3) is 9.91. The van der Waals surface area contributed by atoms with Gasteiger partial charge in [-0.3, -0.25) is 0 Å². The summed E-state index contributed by atoms with van der Waals surface area (Å²) in [5.74, 6) is -0.422. The highest BCUT2D eigenvalue weighted by Gasteiger charge is 2.32. The smallest absolute Gasteiger partial charge is 0.330 e. The summed E-state index contributed by atoms with van der Waals surface area (Å²) in [5, 5.41) is 42.8. The molecule has 0 aromatic heterocycles. The van der Waals surface area contributed by atoms with Gasteiger partial charge in [-0.25, -0.2) is 4.79 Å². The Balaban J connectivity index is 1.75. The maximum atomic E-state index is 12.6. The zero-order valence-electron chi connectivity index (χ0n) is 22.5. The van der Waals surface area contributed by atoms with E-state index in [1.165, 1.54) is 17.7 Å². The normalized spacial score (nSPS) is 37.3. The van der Waals surface area contributed by atoms with E-state index in [1.54, 1.807) is 12.2 Å². The van der Waals surface area contributed by atoms with Gasteiger partial charge in [-0.15, -0.1) is 0 Å². The predicted octanol–water partition coefficient (Wildman–Crippen LogP) is 3.06. The van der Waals surface area contributed by atoms with E-state index in [-0.39, 0.29) is 37.1 Å². The Morgan fingerprint density at radius 2 is 1.87 bits per heavy atom. The Labute approximate surface area is 226 Å². The fourth-order valence-corrected chi connectivity index (χ4v) is 5.18. The Bertz CT molecular complexity index is 906. The van der Waals surface area contributed by atoms with Crippen molar-refractivity contribution < 1.29 is 39.4 Å². The van der Waals surface area contributed by atoms with Crippen molar-refractivity contribution in [3.8, 4) is 0 Å². The molecule has 2 bridgehead atoms. The fourth-order valence-electron chi connectivity index (χ4n) is 5.18. The Morgan fingerprint density at radius 1 is 1.08 bits per heavy atom. The molecule has 38 heavy (non-hydrogen) atoms. The highest BCUT2D eigenvalue weighted by molar-refractivity contribution is 5.82. The van der Waals surface area contributed by atoms with Gasteiger partial charge < -0.3 is 34.6 Å². The molecule has 0 aromatic carbocycles. The number of carbonyl (C=O) groups is 1. The number of carbonyl (C=O) groups excluding carboxylic acids is 1. The zero-order valence-corrected chi connectivity index (χ0v) is 22.5. The summed E-state index contributed by atoms with van der Waals surface area (Å²) in [7, 11) is 0. The first kappa shape index (κ1) is 30.5. The molecule has 8 heteroatoms. The van der Waals surface area contributed by atoms with Crippen molar-refractivity contribution in [2.24, 2.45) is 5.92 Å². The highest BCUT2D eigenvalue weighted by atomic mass is 16.6. The van der Waals surface area contributed by atoms with Gasteiger partial charge in [0.2, 0.25) is 0 Å². The van der Waals surface area contributed by atoms with Gasteiger partial charge >= 0.3 is 5.97 Å². The molecule has 4 N–H and O–H groups in total. The monoisotopic (exact) mass is 532 g/mol. The number of hydrogen-bond donors (Lipinski definition) is 4. The van der Waals surface area contributed by atoms with Crippen LogP contribution in [-0.2, 0) is 19.0 Å². The van der Waals surface area contributed by atoms with E-state index in [4.69, 9.17) is 14.2 Å². The minimum Gasteiger partial charge on any atom is -0.456 e. The third-order valence-corrected chi connectivity index (χ3v) is 7.24. The van der Waals surface area contributed by atoms with E-state index >= 15 is 0 Å². The van der Waals surface area contributed by atoms with Crippen LogP contribution in [0.15, 0.2) is 60.3 Å². The number of cyclic esters (lactones) is 1. The third-order valence-electron chi connectivity index (χ3n) is 7.24. The zero-order chi connectivity index (χ0) is 27.7. The molecule has 212 valence electrons. The number of rotatable bonds is 3. The van der Waals surface area contributed by atoms with Gasteiger partial charge in [0, 0.05) is 12.5 Å². The van der Waals surface area contributed by atoms with Crippen LogP contribution in [0.25, 0.3) is 0 Å². The molecule has 0 saturated carbocycles. The van der Waals surface area contributed by atoms with Crippen LogP contribution in [0.3, 0.4) is 0 Å². The molecule has 0 amide bonds. The van der Waals surface area contributed by atoms with Crippen molar-refractivity contribution in [1.82, 2.24) is 0 Å². The molecular formula is C30H44O8. The second-order valence-electron chi connectivity index (χ2n) is 10.9. The summed E-state index contributed by atoms with van der Waals surface area (Å²) in [6.45, 7) is 8.65. The molecule has 3 heterocycles. The summed E-state index contributed by atoms with van der Waals surface area (Å²) in [6, 6.07) is 0. The van der Waals surface area contributed by atoms with Gasteiger partial charge in [0.15, 0.2) is 0 Å². The van der Waals surface area contributed by atoms with Crippen molar-refractivity contribution in [3.63, 3.8) is 0 Å². The van der Waals surface area contributed by atoms with E-state index in [1.807, 2.05) is 19.1 Å². The van der Waals surface area contributed by atoms with Gasteiger partial charge in [0.25, 0.3) is 0 Å². The Morgan fingerprint density at radius 3 is 2.63 bits per heavy atom. The first-order valence-corrected chi connectivity index (χ1v) is 13.6. The molecule has 0 spiro atoms. The van der Waals surface area contributed by atoms with Gasteiger partial charge in [-0.2, -0.15) is 0 Å². The minimum atomic E-state index is -1.50. The number of ether oxygens (including phenoxy) is 3. The number of fused-ring (bicyclic) bond motifs is 2. The molecule has 3 rings (SSSR count). The molecule has 8 nitrogen and oxygen atoms in total. The van der Waals surface area contributed by atoms with Crippen molar-refractivity contribution in [2.75, 3.05) is 6.61 Å². The van der Waals surface area contributed by atoms with Crippen LogP contribution in [-0.4, -0.2) is 81.8 Å². The summed E-state index contributed by atoms with van der Waals surface area (Å²) in [5.41, 5.74) is 1.95. The van der Waals surface area contributed by atoms with Crippen LogP contribution < -0.4 is 0 Å². The van der Waals surface area contributed by atoms with Crippen LogP contribution in [0.2, 0.25) is 0 Å². The molecule has 9 unspecified atom stereocenters. The van der Waals surface area contributed by atoms with Crippen LogP contribution in [0.5, 0.6) is 0 Å². The SMILES string of the molecule is C=C1CC(C)CC2CC=CC(CC=CC(=O)OC(C(O)C=CC3CC(C)=CCO3)CC(O)C(O)C(O)C1)O2. The van der Waals surface area contributed by atoms with E-state index in [0.717, 1.165) is 18.4 Å².